The first-order valence-corrected chi connectivity index (χ1v) is 10.2. The van der Waals surface area contributed by atoms with Gasteiger partial charge < -0.3 is 7.43 Å². The Morgan fingerprint density at radius 3 is 2.14 bits per heavy atom. The fourth-order valence-corrected chi connectivity index (χ4v) is 4.91. The van der Waals surface area contributed by atoms with Crippen LogP contribution in [0.15, 0.2) is 61.2 Å². The number of rotatable bonds is 4. The zero-order valence-electron chi connectivity index (χ0n) is 12.7. The summed E-state index contributed by atoms with van der Waals surface area (Å²) in [7, 11) is 3.77. The van der Waals surface area contributed by atoms with Gasteiger partial charge in [0.05, 0.1) is 11.0 Å². The van der Waals surface area contributed by atoms with Crippen LogP contribution in [0.5, 0.6) is 0 Å². The van der Waals surface area contributed by atoms with Gasteiger partial charge in [-0.1, -0.05) is 24.8 Å². The molecular formula is C18H22ClPRu+. The minimum absolute atomic E-state index is 0. The Hall–Kier alpha value is -0.477. The van der Waals surface area contributed by atoms with Crippen LogP contribution in [0.4, 0.5) is 0 Å². The van der Waals surface area contributed by atoms with Gasteiger partial charge in [-0.25, -0.2) is 0 Å². The summed E-state index contributed by atoms with van der Waals surface area (Å²) in [5.74, 6) is 0. The van der Waals surface area contributed by atoms with Crippen LogP contribution in [0.2, 0.25) is 0 Å². The van der Waals surface area contributed by atoms with Crippen molar-refractivity contribution >= 4 is 28.2 Å². The Morgan fingerprint density at radius 2 is 1.67 bits per heavy atom. The van der Waals surface area contributed by atoms with Gasteiger partial charge in [0.2, 0.25) is 0 Å². The third kappa shape index (κ3) is 6.03. The summed E-state index contributed by atoms with van der Waals surface area (Å²) in [4.78, 5) is 0. The average molecular weight is 406 g/mol. The SMILES string of the molecule is C=C(c1[c-]cccc1)[PH+](c1ccccc1)C(C)C.[CH3-].[Cl][Ru+2]. The van der Waals surface area contributed by atoms with Crippen LogP contribution in [0, 0.1) is 13.5 Å². The van der Waals surface area contributed by atoms with Gasteiger partial charge in [-0.05, 0) is 26.0 Å². The molecule has 0 aliphatic carbocycles. The molecule has 0 spiro atoms. The molecule has 0 amide bonds. The van der Waals surface area contributed by atoms with E-state index in [2.05, 4.69) is 78.6 Å². The van der Waals surface area contributed by atoms with Crippen molar-refractivity contribution in [2.75, 3.05) is 0 Å². The quantitative estimate of drug-likeness (QED) is 0.356. The molecule has 2 aromatic carbocycles. The molecule has 0 heterocycles. The van der Waals surface area contributed by atoms with E-state index in [4.69, 9.17) is 0 Å². The third-order valence-corrected chi connectivity index (χ3v) is 6.05. The number of hydrogen-bond donors (Lipinski definition) is 0. The van der Waals surface area contributed by atoms with Crippen LogP contribution in [0.25, 0.3) is 5.31 Å². The van der Waals surface area contributed by atoms with E-state index in [-0.39, 0.29) is 7.43 Å². The van der Waals surface area contributed by atoms with Crippen molar-refractivity contribution in [1.29, 1.82) is 0 Å². The van der Waals surface area contributed by atoms with Crippen molar-refractivity contribution < 1.29 is 17.3 Å². The molecule has 0 fully saturated rings. The van der Waals surface area contributed by atoms with Crippen LogP contribution in [0.3, 0.4) is 0 Å². The molecule has 0 radical (unpaired) electrons. The molecule has 1 unspecified atom stereocenters. The monoisotopic (exact) mass is 406 g/mol. The molecule has 0 aliphatic rings. The molecular weight excluding hydrogens is 384 g/mol. The summed E-state index contributed by atoms with van der Waals surface area (Å²) in [5.41, 5.74) is 1.78. The van der Waals surface area contributed by atoms with E-state index in [0.29, 0.717) is 5.66 Å². The Bertz CT molecular complexity index is 511. The van der Waals surface area contributed by atoms with Crippen LogP contribution < -0.4 is 5.30 Å². The Kier molecular flexibility index (Phi) is 10.9. The Morgan fingerprint density at radius 1 is 1.10 bits per heavy atom. The van der Waals surface area contributed by atoms with Gasteiger partial charge in [0.25, 0.3) is 0 Å². The standard InChI is InChI=1S/C17H18P.CH3.ClH.Ru/c1-14(2)18(17-12-8-5-9-13-17)15(3)16-10-6-4-7-11-16;;;/h4-10,12-14H,3H2,1-2H3;1H3;1H;/q2*-1;;+3. The zero-order chi connectivity index (χ0) is 15.0. The molecule has 113 valence electrons. The van der Waals surface area contributed by atoms with E-state index in [1.165, 1.54) is 10.6 Å². The summed E-state index contributed by atoms with van der Waals surface area (Å²) in [6.07, 6.45) is 0. The van der Waals surface area contributed by atoms with Crippen LogP contribution in [0.1, 0.15) is 19.4 Å². The predicted octanol–water partition coefficient (Wildman–Crippen LogP) is 5.54. The van der Waals surface area contributed by atoms with Gasteiger partial charge in [-0.2, -0.15) is 0 Å². The van der Waals surface area contributed by atoms with E-state index >= 15 is 0 Å². The zero-order valence-corrected chi connectivity index (χ0v) is 16.2. The Labute approximate surface area is 145 Å². The van der Waals surface area contributed by atoms with Gasteiger partial charge in [0.15, 0.2) is 0 Å². The molecule has 3 heteroatoms. The maximum atomic E-state index is 4.57. The first-order chi connectivity index (χ1) is 9.70. The van der Waals surface area contributed by atoms with Crippen molar-refractivity contribution in [2.24, 2.45) is 0 Å². The van der Waals surface area contributed by atoms with Crippen LogP contribution in [-0.4, -0.2) is 5.66 Å². The van der Waals surface area contributed by atoms with E-state index in [9.17, 15) is 0 Å². The van der Waals surface area contributed by atoms with Crippen molar-refractivity contribution in [2.45, 2.75) is 19.5 Å². The molecule has 0 saturated carbocycles. The summed E-state index contributed by atoms with van der Waals surface area (Å²) in [6, 6.07) is 22.2. The van der Waals surface area contributed by atoms with Crippen LogP contribution >= 0.6 is 17.6 Å². The van der Waals surface area contributed by atoms with Gasteiger partial charge in [-0.15, -0.1) is 35.9 Å². The second-order valence-corrected chi connectivity index (χ2v) is 7.85. The normalized spacial score (nSPS) is 10.9. The number of benzene rings is 2. The predicted molar refractivity (Wildman–Crippen MR) is 96.1 cm³/mol. The number of hydrogen-bond acceptors (Lipinski definition) is 0. The maximum absolute atomic E-state index is 4.57. The summed E-state index contributed by atoms with van der Waals surface area (Å²) < 4.78 is 0. The van der Waals surface area contributed by atoms with E-state index in [0.717, 1.165) is 5.56 Å². The van der Waals surface area contributed by atoms with Gasteiger partial charge in [-0.3, -0.25) is 0 Å². The van der Waals surface area contributed by atoms with E-state index in [1.807, 2.05) is 29.4 Å². The second-order valence-electron chi connectivity index (χ2n) is 4.69. The first kappa shape index (κ1) is 20.5. The molecule has 0 saturated heterocycles. The molecule has 21 heavy (non-hydrogen) atoms. The number of halogens is 1. The molecule has 0 aromatic heterocycles. The fraction of sp³-hybridized carbons (Fsp3) is 0.167. The second kappa shape index (κ2) is 11.1. The van der Waals surface area contributed by atoms with Crippen molar-refractivity contribution in [3.63, 3.8) is 0 Å². The first-order valence-electron chi connectivity index (χ1n) is 6.42. The van der Waals surface area contributed by atoms with Crippen molar-refractivity contribution in [3.05, 3.63) is 80.2 Å². The molecule has 1 atom stereocenters. The summed E-state index contributed by atoms with van der Waals surface area (Å²) in [6.45, 7) is 8.91. The Balaban J connectivity index is 0.00000128. The van der Waals surface area contributed by atoms with Gasteiger partial charge in [0, 0.05) is 13.2 Å². The molecule has 0 aliphatic heterocycles. The topological polar surface area (TPSA) is 0 Å². The fourth-order valence-electron chi connectivity index (χ4n) is 2.20. The van der Waals surface area contributed by atoms with E-state index in [1.54, 1.807) is 0 Å². The van der Waals surface area contributed by atoms with Crippen molar-refractivity contribution in [1.82, 2.24) is 0 Å². The molecule has 0 bridgehead atoms. The van der Waals surface area contributed by atoms with Crippen molar-refractivity contribution in [3.8, 4) is 0 Å². The molecule has 2 rings (SSSR count). The third-order valence-electron chi connectivity index (χ3n) is 3.02. The van der Waals surface area contributed by atoms with Gasteiger partial charge in [0.1, 0.15) is 0 Å². The van der Waals surface area contributed by atoms with E-state index < -0.39 is 7.92 Å². The summed E-state index contributed by atoms with van der Waals surface area (Å²) in [5, 5.41) is 2.68. The molecule has 0 nitrogen and oxygen atoms in total. The summed E-state index contributed by atoms with van der Waals surface area (Å²) >= 11 is 1.82. The van der Waals surface area contributed by atoms with Gasteiger partial charge >= 0.3 is 27.0 Å². The minimum atomic E-state index is -0.795. The molecule has 0 N–H and O–H groups in total. The van der Waals surface area contributed by atoms with Crippen LogP contribution in [-0.2, 0) is 17.3 Å². The molecule has 2 aromatic rings. The average Bonchev–Trinajstić information content (AvgIpc) is 2.51.